The van der Waals surface area contributed by atoms with E-state index >= 15 is 4.57 Å². The highest BCUT2D eigenvalue weighted by Crippen LogP contribution is 2.55. The average molecular weight is 1240 g/mol. The number of methoxy groups -OCH3 is 2. The lowest BCUT2D eigenvalue weighted by atomic mass is 9.80. The number of benzene rings is 6. The SMILES string of the molecule is COc1ccc(C(OC[C@H]2O[C@@H](n3ccc(NC(=O)c4ccccc4)nc3=O)C[C@@H]2OP(=O)(OC[C@H]2O[C@@H](n3cc(C)c(=O)[nH]c3=O)C[C@@H]2OP(=O)(O)Oc2ccc(Cl)cc2)Oc2ccc(Cl)cc2)(c2ccccc2)c2ccc(OC)cc2)cc1. The van der Waals surface area contributed by atoms with E-state index in [1.54, 1.807) is 68.8 Å². The summed E-state index contributed by atoms with van der Waals surface area (Å²) in [5.41, 5.74) is -1.32. The number of hydrogen-bond acceptors (Lipinski definition) is 17. The Bertz CT molecular complexity index is 3850. The third-order valence-corrected chi connectivity index (χ3v) is 16.8. The minimum Gasteiger partial charge on any atom is -0.497 e. The fourth-order valence-corrected chi connectivity index (χ4v) is 12.3. The Morgan fingerprint density at radius 1 is 0.671 bits per heavy atom. The molecule has 0 radical (unpaired) electrons. The second-order valence-electron chi connectivity index (χ2n) is 19.4. The predicted octanol–water partition coefficient (Wildman–Crippen LogP) is 10.4. The molecular weight excluding hydrogens is 1180 g/mol. The van der Waals surface area contributed by atoms with Gasteiger partial charge in [0.15, 0.2) is 0 Å². The van der Waals surface area contributed by atoms with E-state index in [2.05, 4.69) is 15.3 Å². The number of nitrogens with zero attached hydrogens (tertiary/aromatic N) is 3. The number of carbonyl (C=O) groups excluding carboxylic acids is 1. The fourth-order valence-electron chi connectivity index (χ4n) is 9.68. The molecule has 26 heteroatoms. The number of phosphoric ester groups is 2. The number of amides is 1. The van der Waals surface area contributed by atoms with Gasteiger partial charge in [0.25, 0.3) is 11.5 Å². The Balaban J connectivity index is 1.02. The molecule has 8 atom stereocenters. The van der Waals surface area contributed by atoms with Crippen molar-refractivity contribution in [3.63, 3.8) is 0 Å². The topological polar surface area (TPSA) is 266 Å². The van der Waals surface area contributed by atoms with Crippen LogP contribution in [0, 0.1) is 6.92 Å². The number of H-pyrrole nitrogens is 1. The van der Waals surface area contributed by atoms with E-state index in [1.165, 1.54) is 78.5 Å². The second-order valence-corrected chi connectivity index (χ2v) is 23.2. The zero-order valence-corrected chi connectivity index (χ0v) is 48.8. The lowest BCUT2D eigenvalue weighted by Crippen LogP contribution is -2.38. The van der Waals surface area contributed by atoms with E-state index in [-0.39, 0.29) is 42.3 Å². The molecule has 6 aromatic carbocycles. The molecule has 1 amide bonds. The van der Waals surface area contributed by atoms with E-state index in [4.69, 9.17) is 69.5 Å². The first-order chi connectivity index (χ1) is 40.9. The highest BCUT2D eigenvalue weighted by Gasteiger charge is 2.49. The third kappa shape index (κ3) is 14.4. The summed E-state index contributed by atoms with van der Waals surface area (Å²) in [6.07, 6.45) is -5.84. The first kappa shape index (κ1) is 60.4. The summed E-state index contributed by atoms with van der Waals surface area (Å²) in [5.74, 6) is 0.476. The first-order valence-corrected chi connectivity index (χ1v) is 30.0. The highest BCUT2D eigenvalue weighted by atomic mass is 35.5. The van der Waals surface area contributed by atoms with Crippen LogP contribution in [0.15, 0.2) is 191 Å². The number of carbonyl (C=O) groups is 1. The van der Waals surface area contributed by atoms with Crippen LogP contribution in [0.2, 0.25) is 10.0 Å². The summed E-state index contributed by atoms with van der Waals surface area (Å²) in [6.45, 7) is 0.345. The Morgan fingerprint density at radius 3 is 1.74 bits per heavy atom. The third-order valence-electron chi connectivity index (χ3n) is 13.9. The maximum absolute atomic E-state index is 15.8. The minimum absolute atomic E-state index is 0.0452. The Labute approximate surface area is 495 Å². The number of halogens is 2. The molecule has 4 heterocycles. The number of aromatic amines is 1. The van der Waals surface area contributed by atoms with Gasteiger partial charge in [-0.05, 0) is 115 Å². The minimum atomic E-state index is -5.07. The number of nitrogens with one attached hydrogen (secondary N) is 2. The molecule has 2 unspecified atom stereocenters. The second kappa shape index (κ2) is 26.3. The number of hydrogen-bond donors (Lipinski definition) is 3. The van der Waals surface area contributed by atoms with Gasteiger partial charge in [0.2, 0.25) is 0 Å². The quantitative estimate of drug-likeness (QED) is 0.0397. The van der Waals surface area contributed by atoms with E-state index < -0.39 is 87.6 Å². The molecule has 0 spiro atoms. The van der Waals surface area contributed by atoms with Gasteiger partial charge in [-0.2, -0.15) is 4.98 Å². The molecule has 22 nitrogen and oxygen atoms in total. The lowest BCUT2D eigenvalue weighted by molar-refractivity contribution is -0.0948. The summed E-state index contributed by atoms with van der Waals surface area (Å²) >= 11 is 12.3. The van der Waals surface area contributed by atoms with Crippen molar-refractivity contribution >= 4 is 50.6 Å². The summed E-state index contributed by atoms with van der Waals surface area (Å²) in [5, 5.41) is 3.27. The van der Waals surface area contributed by atoms with Crippen LogP contribution in [0.1, 0.15) is 57.9 Å². The maximum atomic E-state index is 15.8. The van der Waals surface area contributed by atoms with Crippen LogP contribution < -0.4 is 40.8 Å². The normalized spacial score (nSPS) is 20.0. The van der Waals surface area contributed by atoms with Crippen LogP contribution in [0.5, 0.6) is 23.0 Å². The number of phosphoric acid groups is 2. The molecule has 0 aliphatic carbocycles. The summed E-state index contributed by atoms with van der Waals surface area (Å²) < 4.78 is 93.1. The van der Waals surface area contributed by atoms with Crippen molar-refractivity contribution in [2.45, 2.75) is 62.2 Å². The molecule has 2 aliphatic heterocycles. The van der Waals surface area contributed by atoms with Crippen LogP contribution in [-0.4, -0.2) is 81.8 Å². The van der Waals surface area contributed by atoms with Crippen molar-refractivity contribution in [3.05, 3.63) is 245 Å². The lowest BCUT2D eigenvalue weighted by Gasteiger charge is -2.37. The molecule has 10 rings (SSSR count). The van der Waals surface area contributed by atoms with Gasteiger partial charge in [0, 0.05) is 46.4 Å². The number of aromatic nitrogens is 4. The first-order valence-electron chi connectivity index (χ1n) is 26.3. The van der Waals surface area contributed by atoms with Gasteiger partial charge < -0.3 is 38.0 Å². The van der Waals surface area contributed by atoms with Gasteiger partial charge in [0.05, 0.1) is 27.4 Å². The molecular formula is C59H55Cl2N5O17P2. The van der Waals surface area contributed by atoms with E-state index in [9.17, 15) is 28.6 Å². The standard InChI is InChI=1S/C59H55Cl2N5O17P2/c1-37-34-66(58(70)64-55(37)67)54-32-48(82-84(71,72)80-46-26-18-42(60)19-27-46)51(79-54)36-77-85(73,81-47-28-20-43(61)21-29-47)83-49-33-53(65-31-30-52(63-57(65)69)62-56(68)38-10-6-4-7-11-38)78-50(49)35-76-59(39-12-8-5-9-13-39,40-14-22-44(74-2)23-15-40)41-16-24-45(75-3)25-17-41/h4-31,34,48-51,53-54H,32-33,35-36H2,1-3H3,(H,71,72)(H,64,67,70)(H,62,63,68,69)/t48-,49-,50+,51+,53+,54+,85?/m0/s1. The Morgan fingerprint density at radius 2 is 1.18 bits per heavy atom. The van der Waals surface area contributed by atoms with Crippen molar-refractivity contribution in [1.29, 1.82) is 0 Å². The van der Waals surface area contributed by atoms with E-state index in [0.717, 1.165) is 4.57 Å². The van der Waals surface area contributed by atoms with Gasteiger partial charge in [0.1, 0.15) is 71.3 Å². The summed E-state index contributed by atoms with van der Waals surface area (Å²) in [4.78, 5) is 70.4. The molecule has 2 aliphatic rings. The van der Waals surface area contributed by atoms with E-state index in [1.807, 2.05) is 54.6 Å². The Hall–Kier alpha value is -7.69. The summed E-state index contributed by atoms with van der Waals surface area (Å²) in [7, 11) is -7.01. The number of anilines is 1. The van der Waals surface area contributed by atoms with E-state index in [0.29, 0.717) is 43.8 Å². The van der Waals surface area contributed by atoms with Crippen molar-refractivity contribution < 1.29 is 65.1 Å². The highest BCUT2D eigenvalue weighted by molar-refractivity contribution is 7.49. The van der Waals surface area contributed by atoms with Gasteiger partial charge >= 0.3 is 27.0 Å². The van der Waals surface area contributed by atoms with Gasteiger partial charge in [-0.3, -0.25) is 42.2 Å². The van der Waals surface area contributed by atoms with Crippen LogP contribution in [0.25, 0.3) is 0 Å². The molecule has 85 heavy (non-hydrogen) atoms. The molecule has 442 valence electrons. The molecule has 3 N–H and O–H groups in total. The van der Waals surface area contributed by atoms with Gasteiger partial charge in [-0.1, -0.05) is 96.0 Å². The Kier molecular flexibility index (Phi) is 18.7. The smallest absolute Gasteiger partial charge is 0.497 e. The van der Waals surface area contributed by atoms with Crippen LogP contribution in [0.3, 0.4) is 0 Å². The van der Waals surface area contributed by atoms with Gasteiger partial charge in [-0.25, -0.2) is 18.7 Å². The van der Waals surface area contributed by atoms with Crippen molar-refractivity contribution in [2.75, 3.05) is 32.8 Å². The molecule has 8 aromatic rings. The van der Waals surface area contributed by atoms with Crippen molar-refractivity contribution in [2.24, 2.45) is 0 Å². The van der Waals surface area contributed by atoms with Crippen molar-refractivity contribution in [1.82, 2.24) is 19.1 Å². The van der Waals surface area contributed by atoms with Crippen LogP contribution in [0.4, 0.5) is 5.82 Å². The number of ether oxygens (including phenoxy) is 5. The number of aryl methyl sites for hydroxylation is 1. The molecule has 2 saturated heterocycles. The monoisotopic (exact) mass is 1240 g/mol. The van der Waals surface area contributed by atoms with Crippen LogP contribution in [-0.2, 0) is 42.5 Å². The molecule has 2 fully saturated rings. The fraction of sp³-hybridized carbons (Fsp3) is 0.237. The van der Waals surface area contributed by atoms with Gasteiger partial charge in [-0.15, -0.1) is 0 Å². The molecule has 2 aromatic heterocycles. The molecule has 0 bridgehead atoms. The predicted molar refractivity (Wildman–Crippen MR) is 312 cm³/mol. The van der Waals surface area contributed by atoms with Crippen LogP contribution >= 0.6 is 38.8 Å². The largest absolute Gasteiger partial charge is 0.530 e. The maximum Gasteiger partial charge on any atom is 0.530 e. The number of rotatable bonds is 23. The summed E-state index contributed by atoms with van der Waals surface area (Å²) in [6, 6.07) is 45.0. The molecule has 0 saturated carbocycles. The van der Waals surface area contributed by atoms with Crippen molar-refractivity contribution in [3.8, 4) is 23.0 Å². The zero-order chi connectivity index (χ0) is 59.9. The average Bonchev–Trinajstić information content (AvgIpc) is 3.87. The zero-order valence-electron chi connectivity index (χ0n) is 45.5.